The average Bonchev–Trinajstić information content (AvgIpc) is 3.00. The number of nitrogens with zero attached hydrogens (tertiary/aromatic N) is 2. The van der Waals surface area contributed by atoms with E-state index in [1.807, 2.05) is 4.90 Å². The summed E-state index contributed by atoms with van der Waals surface area (Å²) in [6, 6.07) is -0.340. The highest BCUT2D eigenvalue weighted by atomic mass is 35.5. The number of carbonyl (C=O) groups excluding carboxylic acids is 1. The predicted molar refractivity (Wildman–Crippen MR) is 103 cm³/mol. The number of likely N-dealkylation sites (tertiary alicyclic amines) is 2. The Kier molecular flexibility index (Phi) is 12.3. The van der Waals surface area contributed by atoms with Crippen molar-refractivity contribution in [2.45, 2.75) is 58.1 Å². The molecule has 0 radical (unpaired) electrons. The highest BCUT2D eigenvalue weighted by Gasteiger charge is 2.27. The molecule has 0 aromatic rings. The molecule has 1 amide bonds. The summed E-state index contributed by atoms with van der Waals surface area (Å²) >= 11 is 0. The molecule has 7 heteroatoms. The molecule has 0 spiro atoms. The van der Waals surface area contributed by atoms with E-state index in [0.29, 0.717) is 12.0 Å². The van der Waals surface area contributed by atoms with Gasteiger partial charge >= 0.3 is 0 Å². The van der Waals surface area contributed by atoms with Gasteiger partial charge in [0.1, 0.15) is 0 Å². The van der Waals surface area contributed by atoms with Crippen molar-refractivity contribution in [3.8, 4) is 0 Å². The summed E-state index contributed by atoms with van der Waals surface area (Å²) in [6.07, 6.45) is 5.63. The fourth-order valence-corrected chi connectivity index (χ4v) is 3.44. The molecule has 2 heterocycles. The van der Waals surface area contributed by atoms with Crippen LogP contribution in [-0.2, 0) is 9.53 Å². The maximum atomic E-state index is 12.3. The van der Waals surface area contributed by atoms with Crippen LogP contribution in [0.25, 0.3) is 0 Å². The summed E-state index contributed by atoms with van der Waals surface area (Å²) in [5.74, 6) is 0.578. The maximum absolute atomic E-state index is 12.3. The summed E-state index contributed by atoms with van der Waals surface area (Å²) < 4.78 is 5.99. The zero-order valence-corrected chi connectivity index (χ0v) is 16.7. The van der Waals surface area contributed by atoms with E-state index in [1.165, 1.54) is 25.9 Å². The number of amides is 1. The molecule has 5 nitrogen and oxygen atoms in total. The molecule has 2 aliphatic heterocycles. The second kappa shape index (κ2) is 12.3. The molecule has 2 aliphatic rings. The summed E-state index contributed by atoms with van der Waals surface area (Å²) in [5, 5.41) is 0. The van der Waals surface area contributed by atoms with E-state index >= 15 is 0 Å². The smallest absolute Gasteiger partial charge is 0.239 e. The molecule has 0 aromatic carbocycles. The lowest BCUT2D eigenvalue weighted by molar-refractivity contribution is -0.135. The van der Waals surface area contributed by atoms with Crippen molar-refractivity contribution in [1.82, 2.24) is 9.80 Å². The van der Waals surface area contributed by atoms with Crippen LogP contribution in [0, 0.1) is 5.92 Å². The molecule has 0 unspecified atom stereocenters. The van der Waals surface area contributed by atoms with Gasteiger partial charge in [0.25, 0.3) is 0 Å². The van der Waals surface area contributed by atoms with Crippen molar-refractivity contribution < 1.29 is 9.53 Å². The van der Waals surface area contributed by atoms with E-state index in [0.717, 1.165) is 45.5 Å². The highest BCUT2D eigenvalue weighted by Crippen LogP contribution is 2.16. The topological polar surface area (TPSA) is 58.8 Å². The standard InChI is InChI=1S/C17H33N3O2.2ClH/c1-14(2)13-16(18)17(21)20-9-5-15(6-10-20)22-12-11-19-7-3-4-8-19;;/h14-16H,3-13,18H2,1-2H3;2*1H/t16-;;/m0../s1. The minimum Gasteiger partial charge on any atom is -0.377 e. The fourth-order valence-electron chi connectivity index (χ4n) is 3.44. The van der Waals surface area contributed by atoms with Gasteiger partial charge < -0.3 is 20.3 Å². The maximum Gasteiger partial charge on any atom is 0.239 e. The van der Waals surface area contributed by atoms with Gasteiger partial charge in [-0.2, -0.15) is 0 Å². The van der Waals surface area contributed by atoms with Gasteiger partial charge in [-0.15, -0.1) is 24.8 Å². The second-order valence-electron chi connectivity index (χ2n) is 7.18. The van der Waals surface area contributed by atoms with Crippen LogP contribution in [0.5, 0.6) is 0 Å². The molecule has 2 fully saturated rings. The largest absolute Gasteiger partial charge is 0.377 e. The van der Waals surface area contributed by atoms with Gasteiger partial charge in [0, 0.05) is 19.6 Å². The van der Waals surface area contributed by atoms with Crippen molar-refractivity contribution >= 4 is 30.7 Å². The van der Waals surface area contributed by atoms with Crippen LogP contribution in [0.2, 0.25) is 0 Å². The van der Waals surface area contributed by atoms with Gasteiger partial charge in [0.05, 0.1) is 18.8 Å². The third-order valence-corrected chi connectivity index (χ3v) is 4.76. The van der Waals surface area contributed by atoms with Crippen LogP contribution in [0.1, 0.15) is 46.0 Å². The van der Waals surface area contributed by atoms with Gasteiger partial charge in [0.2, 0.25) is 5.91 Å². The number of piperidine rings is 1. The first-order chi connectivity index (χ1) is 10.6. The van der Waals surface area contributed by atoms with Crippen LogP contribution < -0.4 is 5.73 Å². The third-order valence-electron chi connectivity index (χ3n) is 4.76. The van der Waals surface area contributed by atoms with Gasteiger partial charge in [-0.1, -0.05) is 13.8 Å². The van der Waals surface area contributed by atoms with Crippen molar-refractivity contribution in [2.24, 2.45) is 11.7 Å². The highest BCUT2D eigenvalue weighted by molar-refractivity contribution is 5.85. The zero-order chi connectivity index (χ0) is 15.9. The van der Waals surface area contributed by atoms with Crippen molar-refractivity contribution in [2.75, 3.05) is 39.3 Å². The lowest BCUT2D eigenvalue weighted by Crippen LogP contribution is -2.48. The number of hydrogen-bond donors (Lipinski definition) is 1. The van der Waals surface area contributed by atoms with Crippen molar-refractivity contribution in [3.05, 3.63) is 0 Å². The van der Waals surface area contributed by atoms with E-state index < -0.39 is 0 Å². The van der Waals surface area contributed by atoms with Gasteiger partial charge in [-0.25, -0.2) is 0 Å². The van der Waals surface area contributed by atoms with Gasteiger partial charge in [0.15, 0.2) is 0 Å². The summed E-state index contributed by atoms with van der Waals surface area (Å²) in [4.78, 5) is 16.7. The number of ether oxygens (including phenoxy) is 1. The number of carbonyl (C=O) groups is 1. The Morgan fingerprint density at radius 1 is 1.12 bits per heavy atom. The predicted octanol–water partition coefficient (Wildman–Crippen LogP) is 2.31. The van der Waals surface area contributed by atoms with Crippen molar-refractivity contribution in [3.63, 3.8) is 0 Å². The number of halogens is 2. The molecule has 2 N–H and O–H groups in total. The Bertz CT molecular complexity index is 345. The fraction of sp³-hybridized carbons (Fsp3) is 0.941. The first-order valence-electron chi connectivity index (χ1n) is 8.94. The first-order valence-corrected chi connectivity index (χ1v) is 8.94. The van der Waals surface area contributed by atoms with Crippen LogP contribution >= 0.6 is 24.8 Å². The monoisotopic (exact) mass is 383 g/mol. The minimum absolute atomic E-state index is 0. The normalized spacial score (nSPS) is 20.6. The lowest BCUT2D eigenvalue weighted by atomic mass is 10.0. The number of nitrogens with two attached hydrogens (primary N) is 1. The molecule has 1 atom stereocenters. The quantitative estimate of drug-likeness (QED) is 0.732. The lowest BCUT2D eigenvalue weighted by Gasteiger charge is -2.34. The molecule has 24 heavy (non-hydrogen) atoms. The Morgan fingerprint density at radius 3 is 2.25 bits per heavy atom. The molecular weight excluding hydrogens is 349 g/mol. The van der Waals surface area contributed by atoms with E-state index in [1.54, 1.807) is 0 Å². The van der Waals surface area contributed by atoms with E-state index in [4.69, 9.17) is 10.5 Å². The zero-order valence-electron chi connectivity index (χ0n) is 15.1. The van der Waals surface area contributed by atoms with Gasteiger partial charge in [-0.3, -0.25) is 4.79 Å². The minimum atomic E-state index is -0.340. The molecule has 2 saturated heterocycles. The van der Waals surface area contributed by atoms with Crippen LogP contribution in [0.4, 0.5) is 0 Å². The van der Waals surface area contributed by atoms with Crippen LogP contribution in [0.15, 0.2) is 0 Å². The molecule has 0 aromatic heterocycles. The van der Waals surface area contributed by atoms with Crippen LogP contribution in [-0.4, -0.2) is 67.2 Å². The number of hydrogen-bond acceptors (Lipinski definition) is 4. The molecule has 0 aliphatic carbocycles. The van der Waals surface area contributed by atoms with Crippen molar-refractivity contribution in [1.29, 1.82) is 0 Å². The molecule has 144 valence electrons. The summed E-state index contributed by atoms with van der Waals surface area (Å²) in [7, 11) is 0. The summed E-state index contributed by atoms with van der Waals surface area (Å²) in [6.45, 7) is 10.1. The molecule has 0 saturated carbocycles. The molecule has 0 bridgehead atoms. The van der Waals surface area contributed by atoms with E-state index in [2.05, 4.69) is 18.7 Å². The molecular formula is C17H35Cl2N3O2. The van der Waals surface area contributed by atoms with E-state index in [-0.39, 0.29) is 36.8 Å². The van der Waals surface area contributed by atoms with Crippen LogP contribution in [0.3, 0.4) is 0 Å². The second-order valence-corrected chi connectivity index (χ2v) is 7.18. The summed E-state index contributed by atoms with van der Waals surface area (Å²) in [5.41, 5.74) is 6.01. The Morgan fingerprint density at radius 2 is 1.71 bits per heavy atom. The average molecular weight is 384 g/mol. The first kappa shape index (κ1) is 23.9. The third kappa shape index (κ3) is 7.87. The molecule has 2 rings (SSSR count). The SMILES string of the molecule is CC(C)C[C@H](N)C(=O)N1CCC(OCCN2CCCC2)CC1.Cl.Cl. The van der Waals surface area contributed by atoms with E-state index in [9.17, 15) is 4.79 Å². The Balaban J connectivity index is 0.00000264. The Labute approximate surface area is 159 Å². The van der Waals surface area contributed by atoms with Gasteiger partial charge in [-0.05, 0) is 51.1 Å². The Hall–Kier alpha value is -0.0700. The number of rotatable bonds is 7.